The number of benzene rings is 3. The van der Waals surface area contributed by atoms with Gasteiger partial charge in [0.2, 0.25) is 5.91 Å². The minimum absolute atomic E-state index is 0.0118. The van der Waals surface area contributed by atoms with Crippen molar-refractivity contribution in [1.82, 2.24) is 0 Å². The van der Waals surface area contributed by atoms with Gasteiger partial charge in [0.05, 0.1) is 12.1 Å². The summed E-state index contributed by atoms with van der Waals surface area (Å²) in [6.07, 6.45) is 0.407. The van der Waals surface area contributed by atoms with Crippen LogP contribution in [0, 0.1) is 0 Å². The fourth-order valence-corrected chi connectivity index (χ4v) is 3.44. The number of amides is 2. The van der Waals surface area contributed by atoms with Crippen LogP contribution in [0.3, 0.4) is 0 Å². The van der Waals surface area contributed by atoms with Crippen molar-refractivity contribution >= 4 is 52.4 Å². The van der Waals surface area contributed by atoms with Crippen molar-refractivity contribution in [1.29, 1.82) is 0 Å². The van der Waals surface area contributed by atoms with E-state index < -0.39 is 18.5 Å². The number of ether oxygens (including phenoxy) is 3. The number of hydrogen-bond donors (Lipinski definition) is 2. The highest BCUT2D eigenvalue weighted by atomic mass is 35.5. The highest BCUT2D eigenvalue weighted by molar-refractivity contribution is 6.35. The summed E-state index contributed by atoms with van der Waals surface area (Å²) >= 11 is 12.0. The average molecular weight is 531 g/mol. The van der Waals surface area contributed by atoms with Gasteiger partial charge in [-0.2, -0.15) is 0 Å². The molecule has 0 heterocycles. The van der Waals surface area contributed by atoms with Crippen molar-refractivity contribution in [3.8, 4) is 17.2 Å². The first-order valence-corrected chi connectivity index (χ1v) is 11.7. The first kappa shape index (κ1) is 26.8. The topological polar surface area (TPSA) is 103 Å². The maximum Gasteiger partial charge on any atom is 0.306 e. The number of rotatable bonds is 11. The summed E-state index contributed by atoms with van der Waals surface area (Å²) in [6, 6.07) is 18.4. The van der Waals surface area contributed by atoms with E-state index >= 15 is 0 Å². The summed E-state index contributed by atoms with van der Waals surface area (Å²) in [7, 11) is 1.55. The van der Waals surface area contributed by atoms with Gasteiger partial charge in [0, 0.05) is 29.2 Å². The van der Waals surface area contributed by atoms with Crippen LogP contribution in [0.25, 0.3) is 0 Å². The Morgan fingerprint density at radius 2 is 1.39 bits per heavy atom. The molecule has 2 amide bonds. The minimum Gasteiger partial charge on any atom is -0.497 e. The number of anilines is 2. The normalized spacial score (nSPS) is 10.3. The minimum atomic E-state index is -0.560. The van der Waals surface area contributed by atoms with Crippen molar-refractivity contribution in [2.75, 3.05) is 24.4 Å². The lowest BCUT2D eigenvalue weighted by Crippen LogP contribution is -2.21. The zero-order valence-corrected chi connectivity index (χ0v) is 20.9. The number of hydrogen-bond acceptors (Lipinski definition) is 6. The number of carbonyl (C=O) groups is 3. The number of esters is 1. The molecule has 36 heavy (non-hydrogen) atoms. The molecule has 0 atom stereocenters. The first-order chi connectivity index (χ1) is 17.3. The Labute approximate surface area is 218 Å². The highest BCUT2D eigenvalue weighted by Crippen LogP contribution is 2.32. The Kier molecular flexibility index (Phi) is 9.97. The molecule has 3 aromatic carbocycles. The fourth-order valence-electron chi connectivity index (χ4n) is 3.00. The molecule has 2 N–H and O–H groups in total. The van der Waals surface area contributed by atoms with Crippen LogP contribution >= 0.6 is 23.2 Å². The van der Waals surface area contributed by atoms with Crippen LogP contribution in [0.15, 0.2) is 66.7 Å². The molecule has 0 bridgehead atoms. The summed E-state index contributed by atoms with van der Waals surface area (Å²) in [5.41, 5.74) is 1.13. The first-order valence-electron chi connectivity index (χ1n) is 10.9. The fraction of sp³-hybridized carbons (Fsp3) is 0.192. The Hall–Kier alpha value is -3.75. The van der Waals surface area contributed by atoms with E-state index in [0.717, 1.165) is 0 Å². The van der Waals surface area contributed by atoms with Crippen LogP contribution in [0.2, 0.25) is 10.0 Å². The molecule has 0 radical (unpaired) electrons. The molecular weight excluding hydrogens is 507 g/mol. The lowest BCUT2D eigenvalue weighted by atomic mass is 10.2. The van der Waals surface area contributed by atoms with Gasteiger partial charge < -0.3 is 24.8 Å². The molecule has 0 aliphatic carbocycles. The zero-order chi connectivity index (χ0) is 25.9. The summed E-state index contributed by atoms with van der Waals surface area (Å²) in [5, 5.41) is 6.26. The van der Waals surface area contributed by atoms with Gasteiger partial charge in [-0.15, -0.1) is 0 Å². The molecule has 0 fully saturated rings. The quantitative estimate of drug-likeness (QED) is 0.291. The molecule has 0 saturated carbocycles. The molecule has 0 aliphatic rings. The molecule has 3 rings (SSSR count). The smallest absolute Gasteiger partial charge is 0.306 e. The SMILES string of the molecule is COc1ccc(NC(=O)COC(=O)CCCC(=O)Nc2ccc(Oc3ccc(Cl)cc3Cl)cc2)cc1. The second-order valence-corrected chi connectivity index (χ2v) is 8.38. The lowest BCUT2D eigenvalue weighted by molar-refractivity contribution is -0.147. The van der Waals surface area contributed by atoms with Crippen LogP contribution in [-0.4, -0.2) is 31.5 Å². The molecule has 0 unspecified atom stereocenters. The van der Waals surface area contributed by atoms with E-state index in [0.29, 0.717) is 38.7 Å². The highest BCUT2D eigenvalue weighted by Gasteiger charge is 2.10. The number of halogens is 2. The van der Waals surface area contributed by atoms with Crippen molar-refractivity contribution in [2.24, 2.45) is 0 Å². The number of carbonyl (C=O) groups excluding carboxylic acids is 3. The van der Waals surface area contributed by atoms with Gasteiger partial charge in [0.1, 0.15) is 17.2 Å². The van der Waals surface area contributed by atoms with E-state index in [1.165, 1.54) is 0 Å². The standard InChI is InChI=1S/C26H24Cl2N2O6/c1-34-20-10-6-19(7-11-20)30-25(32)16-35-26(33)4-2-3-24(31)29-18-8-12-21(13-9-18)36-23-14-5-17(27)15-22(23)28/h5-15H,2-4,16H2,1H3,(H,29,31)(H,30,32). The Morgan fingerprint density at radius 3 is 2.00 bits per heavy atom. The van der Waals surface area contributed by atoms with Gasteiger partial charge >= 0.3 is 5.97 Å². The molecular formula is C26H24Cl2N2O6. The predicted molar refractivity (Wildman–Crippen MR) is 138 cm³/mol. The summed E-state index contributed by atoms with van der Waals surface area (Å²) in [4.78, 5) is 35.9. The molecule has 0 spiro atoms. The molecule has 0 aromatic heterocycles. The Balaban J connectivity index is 1.33. The third kappa shape index (κ3) is 8.79. The van der Waals surface area contributed by atoms with Crippen LogP contribution in [-0.2, 0) is 19.1 Å². The Bertz CT molecular complexity index is 1200. The molecule has 188 valence electrons. The van der Waals surface area contributed by atoms with E-state index in [4.69, 9.17) is 37.4 Å². The molecule has 8 nitrogen and oxygen atoms in total. The van der Waals surface area contributed by atoms with Gasteiger partial charge in [-0.05, 0) is 73.2 Å². The molecule has 0 aliphatic heterocycles. The predicted octanol–water partition coefficient (Wildman–Crippen LogP) is 6.09. The molecule has 3 aromatic rings. The van der Waals surface area contributed by atoms with Crippen LogP contribution < -0.4 is 20.1 Å². The van der Waals surface area contributed by atoms with E-state index in [9.17, 15) is 14.4 Å². The van der Waals surface area contributed by atoms with Gasteiger partial charge in [-0.1, -0.05) is 23.2 Å². The van der Waals surface area contributed by atoms with Gasteiger partial charge in [0.25, 0.3) is 5.91 Å². The Morgan fingerprint density at radius 1 is 0.778 bits per heavy atom. The van der Waals surface area contributed by atoms with Crippen LogP contribution in [0.1, 0.15) is 19.3 Å². The van der Waals surface area contributed by atoms with E-state index in [1.54, 1.807) is 73.8 Å². The third-order valence-electron chi connectivity index (χ3n) is 4.78. The van der Waals surface area contributed by atoms with Crippen molar-refractivity contribution in [2.45, 2.75) is 19.3 Å². The zero-order valence-electron chi connectivity index (χ0n) is 19.4. The summed E-state index contributed by atoms with van der Waals surface area (Å²) in [6.45, 7) is -0.410. The van der Waals surface area contributed by atoms with Gasteiger partial charge in [-0.25, -0.2) is 0 Å². The molecule has 10 heteroatoms. The van der Waals surface area contributed by atoms with E-state index in [2.05, 4.69) is 10.6 Å². The maximum atomic E-state index is 12.2. The second kappa shape index (κ2) is 13.4. The van der Waals surface area contributed by atoms with Crippen LogP contribution in [0.5, 0.6) is 17.2 Å². The maximum absolute atomic E-state index is 12.2. The van der Waals surface area contributed by atoms with E-state index in [1.807, 2.05) is 0 Å². The average Bonchev–Trinajstić information content (AvgIpc) is 2.86. The van der Waals surface area contributed by atoms with Gasteiger partial charge in [-0.3, -0.25) is 14.4 Å². The number of nitrogens with one attached hydrogen (secondary N) is 2. The lowest BCUT2D eigenvalue weighted by Gasteiger charge is -2.09. The summed E-state index contributed by atoms with van der Waals surface area (Å²) in [5.74, 6) is 0.384. The van der Waals surface area contributed by atoms with E-state index in [-0.39, 0.29) is 25.2 Å². The summed E-state index contributed by atoms with van der Waals surface area (Å²) < 4.78 is 15.7. The van der Waals surface area contributed by atoms with Crippen LogP contribution in [0.4, 0.5) is 11.4 Å². The third-order valence-corrected chi connectivity index (χ3v) is 5.31. The van der Waals surface area contributed by atoms with Gasteiger partial charge in [0.15, 0.2) is 6.61 Å². The van der Waals surface area contributed by atoms with Crippen molar-refractivity contribution < 1.29 is 28.6 Å². The molecule has 0 saturated heterocycles. The largest absolute Gasteiger partial charge is 0.497 e. The number of methoxy groups -OCH3 is 1. The van der Waals surface area contributed by atoms with Crippen molar-refractivity contribution in [3.05, 3.63) is 76.8 Å². The second-order valence-electron chi connectivity index (χ2n) is 7.54. The monoisotopic (exact) mass is 530 g/mol. The van der Waals surface area contributed by atoms with Crippen molar-refractivity contribution in [3.63, 3.8) is 0 Å².